The van der Waals surface area contributed by atoms with Crippen LogP contribution in [0.5, 0.6) is 0 Å². The van der Waals surface area contributed by atoms with Crippen molar-refractivity contribution in [1.82, 2.24) is 0 Å². The summed E-state index contributed by atoms with van der Waals surface area (Å²) in [6.07, 6.45) is -10.7. The van der Waals surface area contributed by atoms with E-state index in [4.69, 9.17) is 0 Å². The van der Waals surface area contributed by atoms with Gasteiger partial charge in [0.05, 0.1) is 17.2 Å². The van der Waals surface area contributed by atoms with E-state index in [0.717, 1.165) is 0 Å². The molecular weight excluding hydrogens is 314 g/mol. The van der Waals surface area contributed by atoms with Crippen LogP contribution < -0.4 is 0 Å². The van der Waals surface area contributed by atoms with Gasteiger partial charge in [-0.15, -0.1) is 0 Å². The molecule has 0 amide bonds. The van der Waals surface area contributed by atoms with Crippen LogP contribution in [0.2, 0.25) is 0 Å². The highest BCUT2D eigenvalue weighted by molar-refractivity contribution is 5.83. The lowest BCUT2D eigenvalue weighted by molar-refractivity contribution is -0.143. The van der Waals surface area contributed by atoms with Crippen LogP contribution in [0.15, 0.2) is 18.2 Å². The van der Waals surface area contributed by atoms with Crippen LogP contribution in [-0.4, -0.2) is 10.9 Å². The summed E-state index contributed by atoms with van der Waals surface area (Å²) in [5, 5.41) is 10.0. The molecule has 2 nitrogen and oxygen atoms in total. The van der Waals surface area contributed by atoms with Crippen molar-refractivity contribution in [3.8, 4) is 0 Å². The van der Waals surface area contributed by atoms with Crippen LogP contribution >= 0.6 is 0 Å². The average Bonchev–Trinajstić information content (AvgIpc) is 2.81. The Kier molecular flexibility index (Phi) is 4.25. The van der Waals surface area contributed by atoms with Gasteiger partial charge < -0.3 is 5.11 Å². The molecule has 0 spiro atoms. The number of ketones is 1. The third kappa shape index (κ3) is 3.43. The van der Waals surface area contributed by atoms with Gasteiger partial charge in [-0.1, -0.05) is 0 Å². The maximum absolute atomic E-state index is 12.7. The van der Waals surface area contributed by atoms with Crippen molar-refractivity contribution in [2.75, 3.05) is 0 Å². The Hall–Kier alpha value is -1.57. The van der Waals surface area contributed by atoms with Gasteiger partial charge in [-0.2, -0.15) is 26.3 Å². The lowest BCUT2D eigenvalue weighted by Gasteiger charge is -2.20. The Morgan fingerprint density at radius 1 is 1.00 bits per heavy atom. The van der Waals surface area contributed by atoms with Crippen LogP contribution in [0.3, 0.4) is 0 Å². The molecule has 1 aromatic carbocycles. The van der Waals surface area contributed by atoms with Crippen LogP contribution in [0.4, 0.5) is 26.3 Å². The van der Waals surface area contributed by atoms with Crippen molar-refractivity contribution >= 4 is 5.78 Å². The number of hydrogen-bond acceptors (Lipinski definition) is 2. The van der Waals surface area contributed by atoms with Crippen molar-refractivity contribution in [2.24, 2.45) is 5.92 Å². The minimum atomic E-state index is -4.98. The van der Waals surface area contributed by atoms with Gasteiger partial charge in [-0.3, -0.25) is 4.79 Å². The highest BCUT2D eigenvalue weighted by Crippen LogP contribution is 2.40. The molecule has 22 heavy (non-hydrogen) atoms. The molecule has 1 fully saturated rings. The number of rotatable bonds is 2. The maximum atomic E-state index is 12.7. The molecule has 2 atom stereocenters. The van der Waals surface area contributed by atoms with Gasteiger partial charge in [0.25, 0.3) is 0 Å². The second kappa shape index (κ2) is 5.57. The van der Waals surface area contributed by atoms with Crippen molar-refractivity contribution in [1.29, 1.82) is 0 Å². The van der Waals surface area contributed by atoms with Gasteiger partial charge >= 0.3 is 12.4 Å². The Morgan fingerprint density at radius 3 is 1.86 bits per heavy atom. The minimum absolute atomic E-state index is 0.00725. The van der Waals surface area contributed by atoms with E-state index in [9.17, 15) is 36.2 Å². The summed E-state index contributed by atoms with van der Waals surface area (Å²) in [4.78, 5) is 11.5. The third-order valence-corrected chi connectivity index (χ3v) is 3.68. The van der Waals surface area contributed by atoms with Crippen molar-refractivity contribution in [3.63, 3.8) is 0 Å². The standard InChI is InChI=1S/C14H12F6O2/c15-13(16,17)8-4-7(5-9(6-8)14(18,19)20)12(22)10-2-1-3-11(10)21/h4-6,10,12,22H,1-3H2/t10-,12-/m0/s1. The van der Waals surface area contributed by atoms with Crippen molar-refractivity contribution in [2.45, 2.75) is 37.7 Å². The normalized spacial score (nSPS) is 21.2. The fourth-order valence-corrected chi connectivity index (χ4v) is 2.56. The molecule has 1 aliphatic carbocycles. The largest absolute Gasteiger partial charge is 0.416 e. The molecule has 1 aromatic rings. The van der Waals surface area contributed by atoms with Crippen LogP contribution in [0.1, 0.15) is 42.1 Å². The molecule has 0 unspecified atom stereocenters. The molecule has 1 aliphatic rings. The molecule has 0 bridgehead atoms. The number of hydrogen-bond donors (Lipinski definition) is 1. The second-order valence-corrected chi connectivity index (χ2v) is 5.25. The predicted molar refractivity (Wildman–Crippen MR) is 63.8 cm³/mol. The summed E-state index contributed by atoms with van der Waals surface area (Å²) in [6.45, 7) is 0. The van der Waals surface area contributed by atoms with Crippen molar-refractivity contribution < 1.29 is 36.2 Å². The first kappa shape index (κ1) is 16.8. The molecule has 0 radical (unpaired) electrons. The smallest absolute Gasteiger partial charge is 0.388 e. The Balaban J connectivity index is 2.48. The lowest BCUT2D eigenvalue weighted by atomic mass is 9.91. The topological polar surface area (TPSA) is 37.3 Å². The SMILES string of the molecule is O=C1CCC[C@@H]1[C@@H](O)c1cc(C(F)(F)F)cc(C(F)(F)F)c1. The van der Waals surface area contributed by atoms with Gasteiger partial charge in [0.1, 0.15) is 5.78 Å². The number of Topliss-reactive ketones (excluding diaryl/α,β-unsaturated/α-hetero) is 1. The van der Waals surface area contributed by atoms with Gasteiger partial charge in [0.15, 0.2) is 0 Å². The lowest BCUT2D eigenvalue weighted by Crippen LogP contribution is -2.19. The van der Waals surface area contributed by atoms with E-state index >= 15 is 0 Å². The molecule has 0 saturated heterocycles. The van der Waals surface area contributed by atoms with Crippen LogP contribution in [0.25, 0.3) is 0 Å². The molecule has 2 rings (SSSR count). The Morgan fingerprint density at radius 2 is 1.50 bits per heavy atom. The molecule has 0 heterocycles. The summed E-state index contributed by atoms with van der Waals surface area (Å²) in [6, 6.07) is 0.920. The fraction of sp³-hybridized carbons (Fsp3) is 0.500. The molecule has 1 saturated carbocycles. The number of carbonyl (C=O) groups is 1. The molecule has 0 aromatic heterocycles. The summed E-state index contributed by atoms with van der Waals surface area (Å²) < 4.78 is 76.4. The monoisotopic (exact) mass is 326 g/mol. The summed E-state index contributed by atoms with van der Waals surface area (Å²) >= 11 is 0. The Labute approximate surface area is 121 Å². The van der Waals surface area contributed by atoms with E-state index < -0.39 is 41.1 Å². The van der Waals surface area contributed by atoms with E-state index in [-0.39, 0.29) is 24.7 Å². The number of halogens is 6. The number of carbonyl (C=O) groups excluding carboxylic acids is 1. The Bertz CT molecular complexity index is 543. The van der Waals surface area contributed by atoms with Gasteiger partial charge in [0.2, 0.25) is 0 Å². The van der Waals surface area contributed by atoms with Gasteiger partial charge in [0, 0.05) is 12.3 Å². The second-order valence-electron chi connectivity index (χ2n) is 5.25. The quantitative estimate of drug-likeness (QED) is 0.830. The molecule has 122 valence electrons. The van der Waals surface area contributed by atoms with Crippen LogP contribution in [-0.2, 0) is 17.1 Å². The summed E-state index contributed by atoms with van der Waals surface area (Å²) in [5.74, 6) is -1.30. The summed E-state index contributed by atoms with van der Waals surface area (Å²) in [7, 11) is 0. The highest BCUT2D eigenvalue weighted by Gasteiger charge is 2.39. The van der Waals surface area contributed by atoms with E-state index in [1.165, 1.54) is 0 Å². The van der Waals surface area contributed by atoms with Gasteiger partial charge in [-0.25, -0.2) is 0 Å². The molecule has 8 heteroatoms. The van der Waals surface area contributed by atoms with Crippen molar-refractivity contribution in [3.05, 3.63) is 34.9 Å². The number of benzene rings is 1. The highest BCUT2D eigenvalue weighted by atomic mass is 19.4. The molecule has 1 N–H and O–H groups in total. The predicted octanol–water partition coefficient (Wildman–Crippen LogP) is 4.13. The maximum Gasteiger partial charge on any atom is 0.416 e. The first-order valence-corrected chi connectivity index (χ1v) is 6.50. The minimum Gasteiger partial charge on any atom is -0.388 e. The number of aliphatic hydroxyl groups excluding tert-OH is 1. The fourth-order valence-electron chi connectivity index (χ4n) is 2.56. The average molecular weight is 326 g/mol. The van der Waals surface area contributed by atoms with E-state index in [1.54, 1.807) is 0 Å². The first-order chi connectivity index (χ1) is 10.00. The van der Waals surface area contributed by atoms with E-state index in [0.29, 0.717) is 18.6 Å². The zero-order chi connectivity index (χ0) is 16.7. The third-order valence-electron chi connectivity index (χ3n) is 3.68. The first-order valence-electron chi connectivity index (χ1n) is 6.50. The summed E-state index contributed by atoms with van der Waals surface area (Å²) in [5.41, 5.74) is -3.54. The zero-order valence-electron chi connectivity index (χ0n) is 11.1. The molecular formula is C14H12F6O2. The number of aliphatic hydroxyl groups is 1. The van der Waals surface area contributed by atoms with Crippen LogP contribution in [0, 0.1) is 5.92 Å². The van der Waals surface area contributed by atoms with Gasteiger partial charge in [-0.05, 0) is 36.6 Å². The molecule has 0 aliphatic heterocycles. The van der Waals surface area contributed by atoms with E-state index in [2.05, 4.69) is 0 Å². The van der Waals surface area contributed by atoms with E-state index in [1.807, 2.05) is 0 Å². The zero-order valence-corrected chi connectivity index (χ0v) is 11.1. The number of alkyl halides is 6.